The Morgan fingerprint density at radius 3 is 2.68 bits per heavy atom. The predicted octanol–water partition coefficient (Wildman–Crippen LogP) is 3.28. The lowest BCUT2D eigenvalue weighted by molar-refractivity contribution is -0.123. The number of benzene rings is 1. The number of hydrogen-bond donors (Lipinski definition) is 0. The number of thioether (sulfide) groups is 1. The highest BCUT2D eigenvalue weighted by Crippen LogP contribution is 2.23. The van der Waals surface area contributed by atoms with Crippen LogP contribution in [0.5, 0.6) is 0 Å². The fourth-order valence-corrected chi connectivity index (χ4v) is 2.56. The molecule has 0 bridgehead atoms. The Kier molecular flexibility index (Phi) is 4.50. The molecule has 100 valence electrons. The van der Waals surface area contributed by atoms with Gasteiger partial charge in [0.05, 0.1) is 21.5 Å². The molecule has 1 fully saturated rings. The van der Waals surface area contributed by atoms with Crippen LogP contribution in [0.2, 0.25) is 10.0 Å². The molecule has 2 rings (SSSR count). The Hall–Kier alpha value is -1.04. The molecule has 1 saturated heterocycles. The summed E-state index contributed by atoms with van der Waals surface area (Å²) in [4.78, 5) is 12.8. The molecule has 1 aliphatic heterocycles. The van der Waals surface area contributed by atoms with Gasteiger partial charge in [-0.2, -0.15) is 5.10 Å². The van der Waals surface area contributed by atoms with E-state index in [4.69, 9.17) is 23.2 Å². The van der Waals surface area contributed by atoms with Crippen molar-refractivity contribution in [1.29, 1.82) is 0 Å². The monoisotopic (exact) mass is 315 g/mol. The van der Waals surface area contributed by atoms with E-state index < -0.39 is 0 Å². The minimum Gasteiger partial charge on any atom is -0.292 e. The van der Waals surface area contributed by atoms with Gasteiger partial charge in [-0.25, -0.2) is 0 Å². The van der Waals surface area contributed by atoms with E-state index >= 15 is 0 Å². The fraction of sp³-hybridized carbons (Fsp3) is 0.250. The minimum atomic E-state index is 0.0335. The van der Waals surface area contributed by atoms with Gasteiger partial charge in [0, 0.05) is 7.05 Å². The van der Waals surface area contributed by atoms with Crippen molar-refractivity contribution in [3.63, 3.8) is 0 Å². The van der Waals surface area contributed by atoms with E-state index in [1.54, 1.807) is 19.2 Å². The van der Waals surface area contributed by atoms with E-state index in [1.165, 1.54) is 16.7 Å². The Morgan fingerprint density at radius 1 is 1.37 bits per heavy atom. The quantitative estimate of drug-likeness (QED) is 0.621. The summed E-state index contributed by atoms with van der Waals surface area (Å²) >= 11 is 13.2. The second-order valence-corrected chi connectivity index (χ2v) is 5.70. The van der Waals surface area contributed by atoms with Crippen LogP contribution in [0.4, 0.5) is 0 Å². The van der Waals surface area contributed by atoms with Gasteiger partial charge in [0.25, 0.3) is 0 Å². The van der Waals surface area contributed by atoms with Crippen LogP contribution in [0.25, 0.3) is 0 Å². The van der Waals surface area contributed by atoms with Crippen LogP contribution in [0, 0.1) is 0 Å². The highest BCUT2D eigenvalue weighted by Gasteiger charge is 2.24. The lowest BCUT2D eigenvalue weighted by Gasteiger charge is -2.06. The first-order chi connectivity index (χ1) is 8.99. The molecule has 0 spiro atoms. The molecule has 7 heteroatoms. The second kappa shape index (κ2) is 5.94. The van der Waals surface area contributed by atoms with E-state index in [1.807, 2.05) is 13.0 Å². The van der Waals surface area contributed by atoms with Gasteiger partial charge in [0.15, 0.2) is 5.17 Å². The zero-order valence-corrected chi connectivity index (χ0v) is 12.7. The van der Waals surface area contributed by atoms with Gasteiger partial charge in [-0.3, -0.25) is 9.69 Å². The van der Waals surface area contributed by atoms with Gasteiger partial charge in [-0.1, -0.05) is 41.0 Å². The summed E-state index contributed by atoms with van der Waals surface area (Å²) in [6.45, 7) is 1.82. The maximum atomic E-state index is 11.3. The second-order valence-electron chi connectivity index (χ2n) is 3.94. The van der Waals surface area contributed by atoms with Crippen molar-refractivity contribution in [2.75, 3.05) is 12.8 Å². The predicted molar refractivity (Wildman–Crippen MR) is 81.3 cm³/mol. The fourth-order valence-electron chi connectivity index (χ4n) is 1.42. The number of rotatable bonds is 2. The number of carbonyl (C=O) groups is 1. The molecule has 1 aromatic carbocycles. The van der Waals surface area contributed by atoms with E-state index in [0.29, 0.717) is 26.7 Å². The average molecular weight is 316 g/mol. The summed E-state index contributed by atoms with van der Waals surface area (Å²) in [5.74, 6) is 0.447. The highest BCUT2D eigenvalue weighted by atomic mass is 35.5. The van der Waals surface area contributed by atoms with Gasteiger partial charge >= 0.3 is 0 Å². The van der Waals surface area contributed by atoms with E-state index in [9.17, 15) is 4.79 Å². The largest absolute Gasteiger partial charge is 0.292 e. The van der Waals surface area contributed by atoms with Crippen LogP contribution < -0.4 is 0 Å². The van der Waals surface area contributed by atoms with E-state index in [-0.39, 0.29) is 5.91 Å². The molecule has 1 aliphatic rings. The molecule has 19 heavy (non-hydrogen) atoms. The first-order valence-corrected chi connectivity index (χ1v) is 7.20. The number of hydrogen-bond acceptors (Lipinski definition) is 4. The normalized spacial score (nSPS) is 18.5. The van der Waals surface area contributed by atoms with Gasteiger partial charge in [-0.05, 0) is 24.6 Å². The van der Waals surface area contributed by atoms with Gasteiger partial charge in [-0.15, -0.1) is 5.10 Å². The Bertz CT molecular complexity index is 586. The summed E-state index contributed by atoms with van der Waals surface area (Å²) in [6.07, 6.45) is 0. The Balaban J connectivity index is 2.21. The molecular formula is C12H11Cl2N3OS. The van der Waals surface area contributed by atoms with Gasteiger partial charge in [0.1, 0.15) is 0 Å². The Labute approximate surface area is 125 Å². The summed E-state index contributed by atoms with van der Waals surface area (Å²) in [5.41, 5.74) is 1.55. The summed E-state index contributed by atoms with van der Waals surface area (Å²) in [7, 11) is 1.69. The minimum absolute atomic E-state index is 0.0335. The lowest BCUT2D eigenvalue weighted by Crippen LogP contribution is -2.24. The molecule has 0 saturated carbocycles. The third-order valence-corrected chi connectivity index (χ3v) is 4.35. The summed E-state index contributed by atoms with van der Waals surface area (Å²) in [5, 5.41) is 9.78. The van der Waals surface area contributed by atoms with Crippen molar-refractivity contribution in [3.05, 3.63) is 33.8 Å². The van der Waals surface area contributed by atoms with Gasteiger partial charge < -0.3 is 0 Å². The van der Waals surface area contributed by atoms with Crippen molar-refractivity contribution in [2.24, 2.45) is 10.2 Å². The highest BCUT2D eigenvalue weighted by molar-refractivity contribution is 8.15. The Morgan fingerprint density at radius 2 is 2.11 bits per heavy atom. The van der Waals surface area contributed by atoms with Crippen LogP contribution in [-0.4, -0.2) is 34.5 Å². The first kappa shape index (κ1) is 14.4. The van der Waals surface area contributed by atoms with Crippen molar-refractivity contribution in [2.45, 2.75) is 6.92 Å². The molecular weight excluding hydrogens is 305 g/mol. The molecule has 0 unspecified atom stereocenters. The molecule has 0 atom stereocenters. The molecule has 0 aliphatic carbocycles. The van der Waals surface area contributed by atoms with E-state index in [0.717, 1.165) is 5.56 Å². The van der Waals surface area contributed by atoms with Crippen molar-refractivity contribution < 1.29 is 4.79 Å². The number of halogens is 2. The third kappa shape index (κ3) is 3.29. The van der Waals surface area contributed by atoms with Crippen LogP contribution in [-0.2, 0) is 4.79 Å². The van der Waals surface area contributed by atoms with Crippen LogP contribution in [0.15, 0.2) is 28.4 Å². The molecule has 0 aromatic heterocycles. The lowest BCUT2D eigenvalue weighted by atomic mass is 10.1. The van der Waals surface area contributed by atoms with Crippen LogP contribution >= 0.6 is 35.0 Å². The van der Waals surface area contributed by atoms with Crippen LogP contribution in [0.1, 0.15) is 12.5 Å². The maximum Gasteiger partial charge on any atom is 0.238 e. The van der Waals surface area contributed by atoms with Crippen molar-refractivity contribution in [1.82, 2.24) is 4.90 Å². The summed E-state index contributed by atoms with van der Waals surface area (Å²) in [6, 6.07) is 5.27. The zero-order valence-electron chi connectivity index (χ0n) is 10.4. The number of nitrogens with zero attached hydrogens (tertiary/aromatic N) is 3. The average Bonchev–Trinajstić information content (AvgIpc) is 2.70. The molecule has 0 N–H and O–H groups in total. The van der Waals surface area contributed by atoms with E-state index in [2.05, 4.69) is 10.2 Å². The standard InChI is InChI=1S/C12H11Cl2N3OS/c1-7(8-3-4-9(13)10(14)5-8)15-16-12-17(2)11(18)6-19-12/h3-5H,6H2,1-2H3/b15-7+,16-12+. The maximum absolute atomic E-state index is 11.3. The molecule has 4 nitrogen and oxygen atoms in total. The van der Waals surface area contributed by atoms with Gasteiger partial charge in [0.2, 0.25) is 5.91 Å². The molecule has 1 heterocycles. The number of amidine groups is 1. The number of amides is 1. The smallest absolute Gasteiger partial charge is 0.238 e. The molecule has 0 radical (unpaired) electrons. The SMILES string of the molecule is C/C(=N\N=C1\SCC(=O)N1C)c1ccc(Cl)c(Cl)c1. The topological polar surface area (TPSA) is 45.0 Å². The summed E-state index contributed by atoms with van der Waals surface area (Å²) < 4.78 is 0. The van der Waals surface area contributed by atoms with Crippen molar-refractivity contribution in [3.8, 4) is 0 Å². The molecule has 1 amide bonds. The zero-order chi connectivity index (χ0) is 14.0. The third-order valence-electron chi connectivity index (χ3n) is 2.61. The molecule has 1 aromatic rings. The van der Waals surface area contributed by atoms with Crippen LogP contribution in [0.3, 0.4) is 0 Å². The first-order valence-electron chi connectivity index (χ1n) is 5.46. The number of carbonyl (C=O) groups excluding carboxylic acids is 1. The van der Waals surface area contributed by atoms with Crippen molar-refractivity contribution >= 4 is 51.8 Å².